The number of hydrogen-bond acceptors (Lipinski definition) is 14. The van der Waals surface area contributed by atoms with E-state index >= 15 is 0 Å². The topological polar surface area (TPSA) is 414 Å². The smallest absolute Gasteiger partial charge is 0.305 e. The van der Waals surface area contributed by atoms with Crippen molar-refractivity contribution in [1.82, 2.24) is 42.5 Å². The second kappa shape index (κ2) is 32.1. The van der Waals surface area contributed by atoms with E-state index in [2.05, 4.69) is 42.5 Å². The Bertz CT molecular complexity index is 1990. The molecule has 15 N–H and O–H groups in total. The summed E-state index contributed by atoms with van der Waals surface area (Å²) in [5, 5.41) is 47.4. The number of primary amides is 1. The van der Waals surface area contributed by atoms with Crippen LogP contribution in [0, 0.1) is 5.92 Å². The number of nitrogens with two attached hydrogens (primary N) is 2. The van der Waals surface area contributed by atoms with E-state index in [1.54, 1.807) is 50.4 Å². The number of thioether (sulfide) groups is 1. The van der Waals surface area contributed by atoms with Gasteiger partial charge in [-0.05, 0) is 75.5 Å². The zero-order valence-corrected chi connectivity index (χ0v) is 40.7. The second-order valence-corrected chi connectivity index (χ2v) is 17.6. The van der Waals surface area contributed by atoms with Gasteiger partial charge in [0, 0.05) is 26.2 Å². The Morgan fingerprint density at radius 2 is 1.00 bits per heavy atom. The van der Waals surface area contributed by atoms with Crippen LogP contribution in [0.3, 0.4) is 0 Å². The zero-order valence-electron chi connectivity index (χ0n) is 39.9. The number of carbonyl (C=O) groups is 12. The first-order valence-corrected chi connectivity index (χ1v) is 23.9. The molecule has 25 nitrogen and oxygen atoms in total. The van der Waals surface area contributed by atoms with Crippen LogP contribution >= 0.6 is 11.8 Å². The van der Waals surface area contributed by atoms with Gasteiger partial charge in [0.2, 0.25) is 53.2 Å². The highest BCUT2D eigenvalue weighted by Gasteiger charge is 2.35. The fourth-order valence-corrected chi connectivity index (χ4v) is 7.06. The van der Waals surface area contributed by atoms with Crippen molar-refractivity contribution in [3.8, 4) is 0 Å². The lowest BCUT2D eigenvalue weighted by Crippen LogP contribution is -2.60. The summed E-state index contributed by atoms with van der Waals surface area (Å²) >= 11 is 1.28. The molecule has 9 amide bonds. The molecule has 0 spiro atoms. The molecule has 0 saturated heterocycles. The van der Waals surface area contributed by atoms with Crippen molar-refractivity contribution in [2.75, 3.05) is 18.6 Å². The molecule has 0 radical (unpaired) electrons. The fourth-order valence-electron chi connectivity index (χ4n) is 6.58. The van der Waals surface area contributed by atoms with E-state index < -0.39 is 151 Å². The van der Waals surface area contributed by atoms with E-state index in [1.807, 2.05) is 0 Å². The maximum Gasteiger partial charge on any atom is 0.305 e. The fraction of sp³-hybridized carbons (Fsp3) is 0.591. The summed E-state index contributed by atoms with van der Waals surface area (Å²) in [5.41, 5.74) is 11.8. The first-order chi connectivity index (χ1) is 32.9. The molecule has 0 heterocycles. The Morgan fingerprint density at radius 1 is 0.543 bits per heavy atom. The van der Waals surface area contributed by atoms with Gasteiger partial charge in [-0.3, -0.25) is 57.5 Å². The van der Waals surface area contributed by atoms with E-state index in [0.717, 1.165) is 13.8 Å². The molecule has 0 aliphatic rings. The highest BCUT2D eigenvalue weighted by atomic mass is 32.2. The molecule has 26 heteroatoms. The molecule has 0 aromatic heterocycles. The molecule has 0 fully saturated rings. The predicted molar refractivity (Wildman–Crippen MR) is 253 cm³/mol. The summed E-state index contributed by atoms with van der Waals surface area (Å²) in [6.45, 7) is 5.70. The molecule has 0 saturated carbocycles. The molecule has 8 atom stereocenters. The first-order valence-electron chi connectivity index (χ1n) is 22.5. The summed E-state index contributed by atoms with van der Waals surface area (Å²) in [6.07, 6.45) is -0.458. The minimum absolute atomic E-state index is 0.000233. The van der Waals surface area contributed by atoms with Crippen molar-refractivity contribution in [2.24, 2.45) is 17.4 Å². The normalized spacial score (nSPS) is 14.3. The molecular formula is C44H68N10O15S. The number of aliphatic carboxylic acids is 3. The van der Waals surface area contributed by atoms with Gasteiger partial charge in [-0.15, -0.1) is 0 Å². The molecule has 1 aromatic rings. The molecular weight excluding hydrogens is 941 g/mol. The van der Waals surface area contributed by atoms with Crippen molar-refractivity contribution in [2.45, 2.75) is 140 Å². The predicted octanol–water partition coefficient (Wildman–Crippen LogP) is -2.63. The summed E-state index contributed by atoms with van der Waals surface area (Å²) in [4.78, 5) is 153. The second-order valence-electron chi connectivity index (χ2n) is 16.6. The van der Waals surface area contributed by atoms with Crippen LogP contribution in [0.2, 0.25) is 0 Å². The number of carboxylic acids is 3. The van der Waals surface area contributed by atoms with Gasteiger partial charge in [-0.2, -0.15) is 11.8 Å². The van der Waals surface area contributed by atoms with Crippen LogP contribution in [-0.4, -0.2) is 153 Å². The van der Waals surface area contributed by atoms with Crippen molar-refractivity contribution in [3.05, 3.63) is 35.9 Å². The summed E-state index contributed by atoms with van der Waals surface area (Å²) in [7, 11) is 0. The number of carbonyl (C=O) groups excluding carboxylic acids is 9. The van der Waals surface area contributed by atoms with Gasteiger partial charge in [0.05, 0.1) is 6.42 Å². The lowest BCUT2D eigenvalue weighted by atomic mass is 10.0. The molecule has 70 heavy (non-hydrogen) atoms. The molecule has 1 aromatic carbocycles. The van der Waals surface area contributed by atoms with Crippen molar-refractivity contribution in [1.29, 1.82) is 0 Å². The van der Waals surface area contributed by atoms with Crippen LogP contribution in [0.5, 0.6) is 0 Å². The SMILES string of the molecule is CSCC[C@H](NC(=O)[C@H](CCCCN)NC(=O)[C@@H](NC(=O)[C@H](CCC(=O)O)NC(C)=O)C(C)C)C(=O)N[C@@H](CC(=O)O)C(=O)N[C@@H](C)C(=O)N[C@@H](CCC(=O)O)C(=O)N[C@@H](Cc1ccccc1)C(N)=O. The van der Waals surface area contributed by atoms with Crippen molar-refractivity contribution >= 4 is 82.8 Å². The molecule has 0 unspecified atom stereocenters. The van der Waals surface area contributed by atoms with E-state index in [9.17, 15) is 67.7 Å². The maximum atomic E-state index is 13.9. The van der Waals surface area contributed by atoms with Gasteiger partial charge in [0.15, 0.2) is 0 Å². The number of amides is 9. The number of carboxylic acid groups (broad SMARTS) is 3. The van der Waals surface area contributed by atoms with Gasteiger partial charge in [0.1, 0.15) is 48.3 Å². The molecule has 0 bridgehead atoms. The van der Waals surface area contributed by atoms with Gasteiger partial charge >= 0.3 is 17.9 Å². The molecule has 1 rings (SSSR count). The third kappa shape index (κ3) is 23.9. The largest absolute Gasteiger partial charge is 0.481 e. The standard InChI is InChI=1S/C44H68N10O15S/c1-23(2)36(54-42(67)28(48-25(4)55)14-16-33(56)57)44(69)51-27(13-9-10-19-45)39(64)50-30(18-20-70-5)41(66)53-32(22-35(60)61)43(68)47-24(3)38(63)49-29(15-17-34(58)59)40(65)52-31(37(46)62)21-26-11-7-6-8-12-26/h6-8,11-12,23-24,27-32,36H,9-10,13-22,45H2,1-5H3,(H2,46,62)(H,47,68)(H,48,55)(H,49,63)(H,50,64)(H,51,69)(H,52,65)(H,53,66)(H,54,67)(H,56,57)(H,58,59)(H,60,61)/t24-,27-,28-,29-,30-,31-,32-,36-/m0/s1. The van der Waals surface area contributed by atoms with Crippen molar-refractivity contribution < 1.29 is 72.9 Å². The Balaban J connectivity index is 3.30. The molecule has 0 aliphatic carbocycles. The van der Waals surface area contributed by atoms with Crippen LogP contribution in [0.1, 0.15) is 91.0 Å². The lowest BCUT2D eigenvalue weighted by molar-refractivity contribution is -0.142. The van der Waals surface area contributed by atoms with Crippen LogP contribution in [0.25, 0.3) is 0 Å². The van der Waals surface area contributed by atoms with E-state index in [1.165, 1.54) is 11.8 Å². The maximum absolute atomic E-state index is 13.9. The van der Waals surface area contributed by atoms with Crippen LogP contribution in [0.4, 0.5) is 0 Å². The molecule has 0 aliphatic heterocycles. The highest BCUT2D eigenvalue weighted by molar-refractivity contribution is 7.98. The van der Waals surface area contributed by atoms with E-state index in [-0.39, 0.29) is 38.0 Å². The average Bonchev–Trinajstić information content (AvgIpc) is 3.28. The van der Waals surface area contributed by atoms with Crippen LogP contribution < -0.4 is 54.0 Å². The summed E-state index contributed by atoms with van der Waals surface area (Å²) < 4.78 is 0. The van der Waals surface area contributed by atoms with Crippen LogP contribution in [-0.2, 0) is 64.0 Å². The Labute approximate surface area is 409 Å². The molecule has 390 valence electrons. The van der Waals surface area contributed by atoms with Crippen LogP contribution in [0.15, 0.2) is 30.3 Å². The van der Waals surface area contributed by atoms with Gasteiger partial charge < -0.3 is 69.3 Å². The third-order valence-electron chi connectivity index (χ3n) is 10.4. The number of rotatable bonds is 34. The lowest BCUT2D eigenvalue weighted by Gasteiger charge is -2.28. The Morgan fingerprint density at radius 3 is 1.49 bits per heavy atom. The average molecular weight is 1010 g/mol. The minimum atomic E-state index is -1.85. The number of nitrogens with one attached hydrogen (secondary N) is 8. The van der Waals surface area contributed by atoms with E-state index in [0.29, 0.717) is 18.4 Å². The first kappa shape index (κ1) is 61.2. The summed E-state index contributed by atoms with van der Waals surface area (Å²) in [5.74, 6) is -12.7. The highest BCUT2D eigenvalue weighted by Crippen LogP contribution is 2.11. The number of hydrogen-bond donors (Lipinski definition) is 13. The quantitative estimate of drug-likeness (QED) is 0.0314. The summed E-state index contributed by atoms with van der Waals surface area (Å²) in [6, 6.07) is -3.04. The number of unbranched alkanes of at least 4 members (excludes halogenated alkanes) is 1. The monoisotopic (exact) mass is 1010 g/mol. The third-order valence-corrected chi connectivity index (χ3v) is 11.0. The Kier molecular flexibility index (Phi) is 28.0. The zero-order chi connectivity index (χ0) is 53.1. The van der Waals surface area contributed by atoms with E-state index in [4.69, 9.17) is 16.6 Å². The minimum Gasteiger partial charge on any atom is -0.481 e. The Hall–Kier alpha value is -6.83. The van der Waals surface area contributed by atoms with Gasteiger partial charge in [0.25, 0.3) is 0 Å². The van der Waals surface area contributed by atoms with Gasteiger partial charge in [-0.1, -0.05) is 44.2 Å². The van der Waals surface area contributed by atoms with Gasteiger partial charge in [-0.25, -0.2) is 0 Å². The number of benzene rings is 1. The van der Waals surface area contributed by atoms with Crippen molar-refractivity contribution in [3.63, 3.8) is 0 Å².